The molecule has 0 saturated carbocycles. The number of nitrogens with one attached hydrogen (secondary N) is 1. The number of hydrogen-bond acceptors (Lipinski definition) is 4. The monoisotopic (exact) mass is 357 g/mol. The molecule has 0 atom stereocenters. The molecule has 3 rings (SSSR count). The van der Waals surface area contributed by atoms with Gasteiger partial charge in [-0.25, -0.2) is 0 Å². The minimum atomic E-state index is -0.0296. The van der Waals surface area contributed by atoms with Crippen LogP contribution < -0.4 is 10.2 Å². The molecule has 2 heterocycles. The Morgan fingerprint density at radius 3 is 2.80 bits per heavy atom. The van der Waals surface area contributed by atoms with Crippen molar-refractivity contribution < 1.29 is 9.59 Å². The third-order valence-electron chi connectivity index (χ3n) is 4.43. The molecule has 0 unspecified atom stereocenters. The summed E-state index contributed by atoms with van der Waals surface area (Å²) in [6.07, 6.45) is 0.830. The fourth-order valence-electron chi connectivity index (χ4n) is 3.12. The SMILES string of the molecule is CC(=O)N1CCc2cc(NC(=O)CN(C)Cc3sccc3C)ccc21. The molecule has 0 radical (unpaired) electrons. The molecule has 1 aliphatic rings. The summed E-state index contributed by atoms with van der Waals surface area (Å²) in [5, 5.41) is 5.04. The largest absolute Gasteiger partial charge is 0.325 e. The highest BCUT2D eigenvalue weighted by Crippen LogP contribution is 2.30. The predicted octanol–water partition coefficient (Wildman–Crippen LogP) is 3.04. The number of thiophene rings is 1. The van der Waals surface area contributed by atoms with Gasteiger partial charge in [0.1, 0.15) is 0 Å². The van der Waals surface area contributed by atoms with Gasteiger partial charge in [-0.3, -0.25) is 14.5 Å². The maximum Gasteiger partial charge on any atom is 0.238 e. The van der Waals surface area contributed by atoms with Crippen LogP contribution in [0.3, 0.4) is 0 Å². The van der Waals surface area contributed by atoms with Crippen LogP contribution >= 0.6 is 11.3 Å². The molecule has 0 spiro atoms. The van der Waals surface area contributed by atoms with Crippen LogP contribution in [0.4, 0.5) is 11.4 Å². The van der Waals surface area contributed by atoms with Gasteiger partial charge < -0.3 is 10.2 Å². The Morgan fingerprint density at radius 1 is 1.32 bits per heavy atom. The van der Waals surface area contributed by atoms with Gasteiger partial charge in [-0.05, 0) is 61.2 Å². The molecule has 132 valence electrons. The second-order valence-electron chi connectivity index (χ2n) is 6.51. The van der Waals surface area contributed by atoms with Crippen LogP contribution in [0.2, 0.25) is 0 Å². The second kappa shape index (κ2) is 7.37. The van der Waals surface area contributed by atoms with Crippen molar-refractivity contribution in [1.82, 2.24) is 4.90 Å². The first-order chi connectivity index (χ1) is 11.9. The topological polar surface area (TPSA) is 52.7 Å². The normalized spacial score (nSPS) is 13.2. The Morgan fingerprint density at radius 2 is 2.12 bits per heavy atom. The summed E-state index contributed by atoms with van der Waals surface area (Å²) in [4.78, 5) is 29.0. The molecule has 1 aliphatic heterocycles. The first-order valence-electron chi connectivity index (χ1n) is 8.36. The minimum absolute atomic E-state index is 0.0296. The van der Waals surface area contributed by atoms with Crippen molar-refractivity contribution in [3.8, 4) is 0 Å². The fourth-order valence-corrected chi connectivity index (χ4v) is 4.10. The Bertz CT molecular complexity index is 800. The lowest BCUT2D eigenvalue weighted by Crippen LogP contribution is -2.29. The van der Waals surface area contributed by atoms with E-state index in [1.54, 1.807) is 23.2 Å². The Kier molecular flexibility index (Phi) is 5.20. The summed E-state index contributed by atoms with van der Waals surface area (Å²) in [5.41, 5.74) is 4.12. The summed E-state index contributed by atoms with van der Waals surface area (Å²) >= 11 is 1.72. The summed E-state index contributed by atoms with van der Waals surface area (Å²) in [5.74, 6) is 0.0270. The average Bonchev–Trinajstić information content (AvgIpc) is 3.13. The first kappa shape index (κ1) is 17.6. The number of benzene rings is 1. The third-order valence-corrected chi connectivity index (χ3v) is 5.44. The van der Waals surface area contributed by atoms with E-state index in [4.69, 9.17) is 0 Å². The van der Waals surface area contributed by atoms with Crippen LogP contribution in [0, 0.1) is 6.92 Å². The van der Waals surface area contributed by atoms with E-state index in [0.717, 1.165) is 29.9 Å². The second-order valence-corrected chi connectivity index (χ2v) is 7.51. The highest BCUT2D eigenvalue weighted by Gasteiger charge is 2.22. The van der Waals surface area contributed by atoms with Crippen molar-refractivity contribution >= 4 is 34.5 Å². The van der Waals surface area contributed by atoms with E-state index >= 15 is 0 Å². The van der Waals surface area contributed by atoms with Crippen molar-refractivity contribution in [2.24, 2.45) is 0 Å². The standard InChI is InChI=1S/C19H23N3O2S/c1-13-7-9-25-18(13)11-21(3)12-19(24)20-16-4-5-17-15(10-16)6-8-22(17)14(2)23/h4-5,7,9-10H,6,8,11-12H2,1-3H3,(H,20,24). The molecule has 5 nitrogen and oxygen atoms in total. The molecule has 0 saturated heterocycles. The molecule has 1 N–H and O–H groups in total. The van der Waals surface area contributed by atoms with Gasteiger partial charge in [-0.15, -0.1) is 11.3 Å². The summed E-state index contributed by atoms with van der Waals surface area (Å²) < 4.78 is 0. The number of carbonyl (C=O) groups excluding carboxylic acids is 2. The molecule has 0 bridgehead atoms. The van der Waals surface area contributed by atoms with E-state index < -0.39 is 0 Å². The number of rotatable bonds is 5. The summed E-state index contributed by atoms with van der Waals surface area (Å²) in [7, 11) is 1.95. The molecular weight excluding hydrogens is 334 g/mol. The molecule has 1 aromatic heterocycles. The van der Waals surface area contributed by atoms with Gasteiger partial charge in [0.15, 0.2) is 0 Å². The Labute approximate surface area is 152 Å². The van der Waals surface area contributed by atoms with E-state index in [9.17, 15) is 9.59 Å². The molecule has 0 fully saturated rings. The van der Waals surface area contributed by atoms with Gasteiger partial charge in [0.25, 0.3) is 0 Å². The van der Waals surface area contributed by atoms with Crippen LogP contribution in [0.1, 0.15) is 22.9 Å². The third kappa shape index (κ3) is 4.08. The number of nitrogens with zero attached hydrogens (tertiary/aromatic N) is 2. The zero-order chi connectivity index (χ0) is 18.0. The maximum absolute atomic E-state index is 12.3. The van der Waals surface area contributed by atoms with E-state index in [2.05, 4.69) is 23.7 Å². The molecule has 6 heteroatoms. The number of anilines is 2. The van der Waals surface area contributed by atoms with Crippen molar-refractivity contribution in [3.05, 3.63) is 45.6 Å². The van der Waals surface area contributed by atoms with Gasteiger partial charge in [0.2, 0.25) is 11.8 Å². The van der Waals surface area contributed by atoms with Gasteiger partial charge in [0.05, 0.1) is 6.54 Å². The van der Waals surface area contributed by atoms with Crippen LogP contribution in [0.25, 0.3) is 0 Å². The van der Waals surface area contributed by atoms with Crippen molar-refractivity contribution in [2.75, 3.05) is 30.4 Å². The molecule has 25 heavy (non-hydrogen) atoms. The highest BCUT2D eigenvalue weighted by molar-refractivity contribution is 7.10. The quantitative estimate of drug-likeness (QED) is 0.895. The maximum atomic E-state index is 12.3. The van der Waals surface area contributed by atoms with Crippen molar-refractivity contribution in [2.45, 2.75) is 26.8 Å². The Hall–Kier alpha value is -2.18. The van der Waals surface area contributed by atoms with Gasteiger partial charge >= 0.3 is 0 Å². The van der Waals surface area contributed by atoms with E-state index in [1.165, 1.54) is 10.4 Å². The van der Waals surface area contributed by atoms with Crippen LogP contribution in [-0.4, -0.2) is 36.9 Å². The van der Waals surface area contributed by atoms with Crippen molar-refractivity contribution in [1.29, 1.82) is 0 Å². The first-order valence-corrected chi connectivity index (χ1v) is 9.24. The lowest BCUT2D eigenvalue weighted by Gasteiger charge is -2.17. The van der Waals surface area contributed by atoms with Gasteiger partial charge in [-0.2, -0.15) is 0 Å². The van der Waals surface area contributed by atoms with Crippen LogP contribution in [0.15, 0.2) is 29.6 Å². The summed E-state index contributed by atoms with van der Waals surface area (Å²) in [6, 6.07) is 7.85. The number of fused-ring (bicyclic) bond motifs is 1. The van der Waals surface area contributed by atoms with Gasteiger partial charge in [-0.1, -0.05) is 0 Å². The predicted molar refractivity (Wildman–Crippen MR) is 102 cm³/mol. The van der Waals surface area contributed by atoms with Crippen molar-refractivity contribution in [3.63, 3.8) is 0 Å². The average molecular weight is 357 g/mol. The van der Waals surface area contributed by atoms with E-state index in [0.29, 0.717) is 13.1 Å². The van der Waals surface area contributed by atoms with E-state index in [-0.39, 0.29) is 11.8 Å². The van der Waals surface area contributed by atoms with E-state index in [1.807, 2.05) is 30.1 Å². The summed E-state index contributed by atoms with van der Waals surface area (Å²) in [6.45, 7) is 5.50. The molecule has 2 aromatic rings. The smallest absolute Gasteiger partial charge is 0.238 e. The fraction of sp³-hybridized carbons (Fsp3) is 0.368. The molecule has 1 aromatic carbocycles. The number of amides is 2. The number of aryl methyl sites for hydroxylation is 1. The molecule has 0 aliphatic carbocycles. The molecular formula is C19H23N3O2S. The zero-order valence-electron chi connectivity index (χ0n) is 14.8. The highest BCUT2D eigenvalue weighted by atomic mass is 32.1. The number of hydrogen-bond donors (Lipinski definition) is 1. The lowest BCUT2D eigenvalue weighted by atomic mass is 10.1. The zero-order valence-corrected chi connectivity index (χ0v) is 15.7. The molecule has 2 amide bonds. The van der Waals surface area contributed by atoms with Gasteiger partial charge in [0, 0.05) is 36.3 Å². The van der Waals surface area contributed by atoms with Crippen LogP contribution in [0.5, 0.6) is 0 Å². The number of likely N-dealkylation sites (N-methyl/N-ethyl adjacent to an activating group) is 1. The minimum Gasteiger partial charge on any atom is -0.325 e. The van der Waals surface area contributed by atoms with Crippen LogP contribution in [-0.2, 0) is 22.6 Å². The number of carbonyl (C=O) groups is 2. The Balaban J connectivity index is 1.58. The lowest BCUT2D eigenvalue weighted by molar-refractivity contribution is -0.117.